The predicted molar refractivity (Wildman–Crippen MR) is 167 cm³/mol. The fraction of sp³-hybridized carbons (Fsp3) is 0.618. The van der Waals surface area contributed by atoms with Crippen LogP contribution in [0, 0.1) is 23.7 Å². The number of hydrogen-bond donors (Lipinski definition) is 0. The Hall–Kier alpha value is -2.87. The fourth-order valence-electron chi connectivity index (χ4n) is 6.85. The normalized spacial score (nSPS) is 25.1. The first-order valence-corrected chi connectivity index (χ1v) is 16.8. The van der Waals surface area contributed by atoms with Crippen LogP contribution in [0.15, 0.2) is 36.4 Å². The van der Waals surface area contributed by atoms with Crippen LogP contribution >= 0.6 is 11.3 Å². The second-order valence-corrected chi connectivity index (χ2v) is 13.6. The van der Waals surface area contributed by atoms with Crippen molar-refractivity contribution in [3.63, 3.8) is 0 Å². The second-order valence-electron chi connectivity index (χ2n) is 12.6. The molecule has 0 N–H and O–H groups in total. The van der Waals surface area contributed by atoms with Gasteiger partial charge in [-0.15, -0.1) is 11.3 Å². The molecule has 0 spiro atoms. The van der Waals surface area contributed by atoms with E-state index in [0.29, 0.717) is 48.5 Å². The van der Waals surface area contributed by atoms with E-state index in [-0.39, 0.29) is 36.3 Å². The summed E-state index contributed by atoms with van der Waals surface area (Å²) in [5.41, 5.74) is 1.00. The summed E-state index contributed by atoms with van der Waals surface area (Å²) in [6, 6.07) is 11.8. The number of ether oxygens (including phenoxy) is 2. The van der Waals surface area contributed by atoms with Crippen LogP contribution in [0.2, 0.25) is 0 Å². The van der Waals surface area contributed by atoms with Crippen molar-refractivity contribution in [2.24, 2.45) is 23.7 Å². The Morgan fingerprint density at radius 2 is 1.45 bits per heavy atom. The molecule has 0 radical (unpaired) electrons. The largest absolute Gasteiger partial charge is 0.513 e. The minimum atomic E-state index is -0.766. The topological polar surface area (TPSA) is 76.2 Å². The molecule has 0 bridgehead atoms. The molecule has 228 valence electrons. The van der Waals surface area contributed by atoms with Crippen LogP contribution < -0.4 is 9.64 Å². The van der Waals surface area contributed by atoms with Gasteiger partial charge in [-0.05, 0) is 88.5 Å². The molecule has 2 amide bonds. The van der Waals surface area contributed by atoms with Gasteiger partial charge in [-0.2, -0.15) is 0 Å². The Kier molecular flexibility index (Phi) is 10.2. The number of hydrogen-bond acceptors (Lipinski definition) is 6. The van der Waals surface area contributed by atoms with E-state index in [0.717, 1.165) is 61.8 Å². The van der Waals surface area contributed by atoms with Gasteiger partial charge in [0.15, 0.2) is 5.75 Å². The second kappa shape index (κ2) is 14.1. The van der Waals surface area contributed by atoms with Crippen LogP contribution in [0.1, 0.15) is 85.0 Å². The highest BCUT2D eigenvalue weighted by Crippen LogP contribution is 2.46. The Labute approximate surface area is 254 Å². The van der Waals surface area contributed by atoms with Gasteiger partial charge in [0.25, 0.3) is 0 Å². The Bertz CT molecular complexity index is 1210. The first kappa shape index (κ1) is 30.6. The molecule has 42 heavy (non-hydrogen) atoms. The molecule has 2 heterocycles. The molecule has 2 aromatic rings. The number of amides is 2. The summed E-state index contributed by atoms with van der Waals surface area (Å²) in [7, 11) is 0. The first-order valence-electron chi connectivity index (χ1n) is 16.0. The third kappa shape index (κ3) is 7.19. The molecule has 3 aliphatic rings. The van der Waals surface area contributed by atoms with E-state index in [1.165, 1.54) is 11.3 Å². The van der Waals surface area contributed by atoms with Gasteiger partial charge in [-0.3, -0.25) is 14.5 Å². The van der Waals surface area contributed by atoms with Crippen LogP contribution in [-0.2, 0) is 14.3 Å². The molecule has 3 fully saturated rings. The summed E-state index contributed by atoms with van der Waals surface area (Å²) in [5.74, 6) is 2.19. The highest BCUT2D eigenvalue weighted by atomic mass is 32.1. The molecule has 1 aromatic carbocycles. The quantitative estimate of drug-likeness (QED) is 0.304. The van der Waals surface area contributed by atoms with Crippen molar-refractivity contribution in [3.05, 3.63) is 36.4 Å². The van der Waals surface area contributed by atoms with Crippen molar-refractivity contribution in [2.45, 2.75) is 91.0 Å². The number of carbonyl (C=O) groups is 3. The van der Waals surface area contributed by atoms with E-state index < -0.39 is 6.16 Å². The number of carbonyl (C=O) groups excluding carboxylic acids is 3. The van der Waals surface area contributed by atoms with Crippen molar-refractivity contribution in [1.82, 2.24) is 4.90 Å². The molecule has 5 rings (SSSR count). The minimum absolute atomic E-state index is 0.0530. The molecule has 1 aliphatic heterocycles. The van der Waals surface area contributed by atoms with E-state index in [9.17, 15) is 14.4 Å². The molecule has 2 aliphatic carbocycles. The Morgan fingerprint density at radius 3 is 2.05 bits per heavy atom. The molecular weight excluding hydrogens is 548 g/mol. The summed E-state index contributed by atoms with van der Waals surface area (Å²) >= 11 is 1.49. The SMILES string of the molecule is CCOC(=O)Oc1cc(-c2ccccc2)sc1N(C(=O)C1CCC(C)CC1)C1CCN(C(=O)C2CCC(C)CC2)CC1. The van der Waals surface area contributed by atoms with Gasteiger partial charge >= 0.3 is 6.16 Å². The van der Waals surface area contributed by atoms with Gasteiger partial charge in [0.05, 0.1) is 6.61 Å². The highest BCUT2D eigenvalue weighted by molar-refractivity contribution is 7.20. The van der Waals surface area contributed by atoms with Gasteiger partial charge in [0.1, 0.15) is 5.00 Å². The summed E-state index contributed by atoms with van der Waals surface area (Å²) in [6.07, 6.45) is 8.71. The summed E-state index contributed by atoms with van der Waals surface area (Å²) in [6.45, 7) is 7.78. The van der Waals surface area contributed by atoms with Crippen molar-refractivity contribution in [1.29, 1.82) is 0 Å². The lowest BCUT2D eigenvalue weighted by Crippen LogP contribution is -2.51. The summed E-state index contributed by atoms with van der Waals surface area (Å²) in [4.78, 5) is 45.2. The Morgan fingerprint density at radius 1 is 0.857 bits per heavy atom. The third-order valence-electron chi connectivity index (χ3n) is 9.52. The van der Waals surface area contributed by atoms with E-state index in [4.69, 9.17) is 9.47 Å². The van der Waals surface area contributed by atoms with Crippen molar-refractivity contribution in [2.75, 3.05) is 24.6 Å². The van der Waals surface area contributed by atoms with Crippen LogP contribution in [-0.4, -0.2) is 48.6 Å². The van der Waals surface area contributed by atoms with Crippen molar-refractivity contribution in [3.8, 4) is 16.2 Å². The van der Waals surface area contributed by atoms with Crippen LogP contribution in [0.5, 0.6) is 5.75 Å². The van der Waals surface area contributed by atoms with Gasteiger partial charge in [0, 0.05) is 41.9 Å². The fourth-order valence-corrected chi connectivity index (χ4v) is 8.01. The Balaban J connectivity index is 1.42. The zero-order valence-electron chi connectivity index (χ0n) is 25.4. The number of anilines is 1. The lowest BCUT2D eigenvalue weighted by molar-refractivity contribution is -0.137. The number of piperidine rings is 1. The smallest absolute Gasteiger partial charge is 0.434 e. The van der Waals surface area contributed by atoms with Gasteiger partial charge in [-0.25, -0.2) is 4.79 Å². The standard InChI is InChI=1S/C34H46N2O5S/c1-4-40-34(39)41-29-22-30(25-8-6-5-7-9-25)42-33(29)36(32(38)27-16-12-24(3)13-17-27)28-18-20-35(21-19-28)31(37)26-14-10-23(2)11-15-26/h5-9,22-24,26-28H,4,10-21H2,1-3H3. The maximum Gasteiger partial charge on any atom is 0.513 e. The summed E-state index contributed by atoms with van der Waals surface area (Å²) in [5, 5.41) is 0.663. The van der Waals surface area contributed by atoms with Gasteiger partial charge < -0.3 is 14.4 Å². The summed E-state index contributed by atoms with van der Waals surface area (Å²) < 4.78 is 10.9. The van der Waals surface area contributed by atoms with E-state index in [2.05, 4.69) is 13.8 Å². The number of rotatable bonds is 7. The van der Waals surface area contributed by atoms with Crippen LogP contribution in [0.25, 0.3) is 10.4 Å². The zero-order valence-corrected chi connectivity index (χ0v) is 26.2. The van der Waals surface area contributed by atoms with E-state index in [1.54, 1.807) is 6.92 Å². The number of benzene rings is 1. The lowest BCUT2D eigenvalue weighted by atomic mass is 9.81. The predicted octanol–water partition coefficient (Wildman–Crippen LogP) is 7.93. The molecule has 0 atom stereocenters. The molecule has 1 aromatic heterocycles. The number of nitrogens with zero attached hydrogens (tertiary/aromatic N) is 2. The average Bonchev–Trinajstić information content (AvgIpc) is 3.41. The lowest BCUT2D eigenvalue weighted by Gasteiger charge is -2.41. The molecular formula is C34H46N2O5S. The van der Waals surface area contributed by atoms with Crippen LogP contribution in [0.4, 0.5) is 9.80 Å². The third-order valence-corrected chi connectivity index (χ3v) is 10.7. The van der Waals surface area contributed by atoms with Gasteiger partial charge in [0.2, 0.25) is 11.8 Å². The molecule has 8 heteroatoms. The molecule has 1 saturated heterocycles. The highest BCUT2D eigenvalue weighted by Gasteiger charge is 2.39. The molecule has 0 unspecified atom stereocenters. The van der Waals surface area contributed by atoms with Crippen molar-refractivity contribution >= 4 is 34.3 Å². The van der Waals surface area contributed by atoms with Crippen molar-refractivity contribution < 1.29 is 23.9 Å². The number of likely N-dealkylation sites (tertiary alicyclic amines) is 1. The zero-order chi connectivity index (χ0) is 29.6. The van der Waals surface area contributed by atoms with Gasteiger partial charge in [-0.1, -0.05) is 44.2 Å². The average molecular weight is 595 g/mol. The maximum atomic E-state index is 14.4. The maximum absolute atomic E-state index is 14.4. The molecule has 7 nitrogen and oxygen atoms in total. The molecule has 2 saturated carbocycles. The first-order chi connectivity index (χ1) is 20.3. The number of thiophene rings is 1. The van der Waals surface area contributed by atoms with E-state index >= 15 is 0 Å². The monoisotopic (exact) mass is 594 g/mol. The van der Waals surface area contributed by atoms with E-state index in [1.807, 2.05) is 46.2 Å². The van der Waals surface area contributed by atoms with Crippen LogP contribution in [0.3, 0.4) is 0 Å². The minimum Gasteiger partial charge on any atom is -0.434 e.